The van der Waals surface area contributed by atoms with Crippen LogP contribution in [0.5, 0.6) is 0 Å². The second-order valence-electron chi connectivity index (χ2n) is 10.1. The van der Waals surface area contributed by atoms with Gasteiger partial charge in [-0.2, -0.15) is 0 Å². The lowest BCUT2D eigenvalue weighted by Crippen LogP contribution is -2.40. The van der Waals surface area contributed by atoms with Crippen molar-refractivity contribution >= 4 is 0 Å². The molecular formula is C23H42. The fourth-order valence-electron chi connectivity index (χ4n) is 7.12. The third-order valence-corrected chi connectivity index (χ3v) is 8.94. The topological polar surface area (TPSA) is 0 Å². The molecule has 0 nitrogen and oxygen atoms in total. The summed E-state index contributed by atoms with van der Waals surface area (Å²) in [5.74, 6) is 11.3. The van der Waals surface area contributed by atoms with Gasteiger partial charge in [-0.05, 0) is 84.4 Å². The minimum absolute atomic E-state index is 0.973. The first-order valence-electron chi connectivity index (χ1n) is 10.9. The highest BCUT2D eigenvalue weighted by Crippen LogP contribution is 2.58. The zero-order valence-corrected chi connectivity index (χ0v) is 16.9. The Balaban J connectivity index is 1.49. The van der Waals surface area contributed by atoms with E-state index in [-0.39, 0.29) is 0 Å². The largest absolute Gasteiger partial charge is 0.0651 e. The van der Waals surface area contributed by atoms with Crippen LogP contribution < -0.4 is 0 Å². The maximum atomic E-state index is 2.58. The second-order valence-corrected chi connectivity index (χ2v) is 10.1. The molecule has 0 aliphatic heterocycles. The average Bonchev–Trinajstić information content (AvgIpc) is 3.37. The third-order valence-electron chi connectivity index (χ3n) is 8.94. The quantitative estimate of drug-likeness (QED) is 0.457. The van der Waals surface area contributed by atoms with Crippen molar-refractivity contribution in [2.45, 2.75) is 80.6 Å². The summed E-state index contributed by atoms with van der Waals surface area (Å²) >= 11 is 0. The lowest BCUT2D eigenvalue weighted by molar-refractivity contribution is 0.0143. The van der Waals surface area contributed by atoms with Gasteiger partial charge in [-0.3, -0.25) is 0 Å². The van der Waals surface area contributed by atoms with E-state index in [9.17, 15) is 0 Å². The van der Waals surface area contributed by atoms with Gasteiger partial charge in [-0.1, -0.05) is 61.3 Å². The summed E-state index contributed by atoms with van der Waals surface area (Å²) in [6, 6.07) is 0. The number of hydrogen-bond donors (Lipinski definition) is 0. The molecule has 3 fully saturated rings. The first-order valence-corrected chi connectivity index (χ1v) is 10.9. The lowest BCUT2D eigenvalue weighted by atomic mass is 9.57. The minimum Gasteiger partial charge on any atom is -0.0651 e. The molecule has 0 bridgehead atoms. The van der Waals surface area contributed by atoms with Crippen molar-refractivity contribution in [3.63, 3.8) is 0 Å². The van der Waals surface area contributed by atoms with Gasteiger partial charge in [0.05, 0.1) is 0 Å². The van der Waals surface area contributed by atoms with E-state index in [0.29, 0.717) is 0 Å². The predicted molar refractivity (Wildman–Crippen MR) is 101 cm³/mol. The minimum atomic E-state index is 0.973. The molecule has 11 atom stereocenters. The molecule has 0 heterocycles. The Kier molecular flexibility index (Phi) is 5.20. The Morgan fingerprint density at radius 3 is 1.83 bits per heavy atom. The van der Waals surface area contributed by atoms with Crippen LogP contribution >= 0.6 is 0 Å². The molecule has 0 radical (unpaired) electrons. The third kappa shape index (κ3) is 3.25. The monoisotopic (exact) mass is 318 g/mol. The van der Waals surface area contributed by atoms with Crippen molar-refractivity contribution in [3.8, 4) is 0 Å². The van der Waals surface area contributed by atoms with E-state index in [1.807, 2.05) is 0 Å². The molecule has 0 aromatic rings. The molecule has 3 aliphatic rings. The van der Waals surface area contributed by atoms with Gasteiger partial charge in [0.1, 0.15) is 0 Å². The fourth-order valence-corrected chi connectivity index (χ4v) is 7.12. The molecule has 134 valence electrons. The van der Waals surface area contributed by atoms with Crippen LogP contribution in [0.15, 0.2) is 0 Å². The van der Waals surface area contributed by atoms with Crippen LogP contribution in [0.3, 0.4) is 0 Å². The second kappa shape index (κ2) is 6.72. The van der Waals surface area contributed by atoms with Gasteiger partial charge in [0.25, 0.3) is 0 Å². The Morgan fingerprint density at radius 2 is 1.35 bits per heavy atom. The zero-order chi connectivity index (χ0) is 16.9. The van der Waals surface area contributed by atoms with E-state index >= 15 is 0 Å². The van der Waals surface area contributed by atoms with Gasteiger partial charge in [-0.25, -0.2) is 0 Å². The summed E-state index contributed by atoms with van der Waals surface area (Å²) in [7, 11) is 0. The van der Waals surface area contributed by atoms with Crippen molar-refractivity contribution in [1.29, 1.82) is 0 Å². The molecule has 0 aromatic carbocycles. The van der Waals surface area contributed by atoms with Gasteiger partial charge >= 0.3 is 0 Å². The lowest BCUT2D eigenvalue weighted by Gasteiger charge is -2.48. The van der Waals surface area contributed by atoms with Crippen LogP contribution in [0, 0.1) is 65.1 Å². The van der Waals surface area contributed by atoms with E-state index in [1.54, 1.807) is 0 Å². The first kappa shape index (κ1) is 17.8. The first-order chi connectivity index (χ1) is 10.9. The van der Waals surface area contributed by atoms with Gasteiger partial charge in [-0.15, -0.1) is 0 Å². The van der Waals surface area contributed by atoms with Crippen molar-refractivity contribution in [2.24, 2.45) is 65.1 Å². The Bertz CT molecular complexity index is 399. The van der Waals surface area contributed by atoms with Crippen LogP contribution in [-0.2, 0) is 0 Å². The summed E-state index contributed by atoms with van der Waals surface area (Å²) in [5.41, 5.74) is 0. The van der Waals surface area contributed by atoms with Crippen LogP contribution in [0.4, 0.5) is 0 Å². The molecule has 23 heavy (non-hydrogen) atoms. The van der Waals surface area contributed by atoms with Crippen molar-refractivity contribution in [3.05, 3.63) is 0 Å². The SMILES string of the molecule is CCC1C(C)C1CC(C)C1CC(C)C1CC(C)C1C(C)C1CC. The maximum Gasteiger partial charge on any atom is -0.0329 e. The van der Waals surface area contributed by atoms with E-state index in [0.717, 1.165) is 65.1 Å². The van der Waals surface area contributed by atoms with E-state index in [4.69, 9.17) is 0 Å². The molecule has 0 spiro atoms. The van der Waals surface area contributed by atoms with Gasteiger partial charge in [0.15, 0.2) is 0 Å². The summed E-state index contributed by atoms with van der Waals surface area (Å²) in [5, 5.41) is 0. The normalized spacial score (nSPS) is 51.0. The Morgan fingerprint density at radius 1 is 0.739 bits per heavy atom. The number of hydrogen-bond acceptors (Lipinski definition) is 0. The molecule has 3 aliphatic carbocycles. The average molecular weight is 319 g/mol. The van der Waals surface area contributed by atoms with Crippen LogP contribution in [0.25, 0.3) is 0 Å². The van der Waals surface area contributed by atoms with Crippen LogP contribution in [0.1, 0.15) is 80.6 Å². The standard InChI is InChI=1S/C23H42/c1-8-18-16(6)22(18)11-14(4)20-10-13(3)21(20)12-15(5)23-17(7)19(23)9-2/h13-23H,8-12H2,1-7H3. The van der Waals surface area contributed by atoms with Gasteiger partial charge in [0, 0.05) is 0 Å². The molecule has 0 amide bonds. The van der Waals surface area contributed by atoms with E-state index in [1.165, 1.54) is 32.1 Å². The fraction of sp³-hybridized carbons (Fsp3) is 1.00. The molecule has 0 heteroatoms. The summed E-state index contributed by atoms with van der Waals surface area (Å²) in [4.78, 5) is 0. The van der Waals surface area contributed by atoms with Crippen LogP contribution in [0.2, 0.25) is 0 Å². The van der Waals surface area contributed by atoms with Crippen molar-refractivity contribution < 1.29 is 0 Å². The summed E-state index contributed by atoms with van der Waals surface area (Å²) in [6.45, 7) is 17.5. The Hall–Kier alpha value is 0. The molecule has 0 saturated heterocycles. The van der Waals surface area contributed by atoms with Gasteiger partial charge in [0.2, 0.25) is 0 Å². The molecule has 11 unspecified atom stereocenters. The van der Waals surface area contributed by atoms with Crippen molar-refractivity contribution in [2.75, 3.05) is 0 Å². The van der Waals surface area contributed by atoms with Gasteiger partial charge < -0.3 is 0 Å². The maximum absolute atomic E-state index is 2.58. The highest BCUT2D eigenvalue weighted by molar-refractivity contribution is 5.00. The molecule has 3 rings (SSSR count). The highest BCUT2D eigenvalue weighted by Gasteiger charge is 2.51. The van der Waals surface area contributed by atoms with Crippen LogP contribution in [-0.4, -0.2) is 0 Å². The highest BCUT2D eigenvalue weighted by atomic mass is 14.6. The summed E-state index contributed by atoms with van der Waals surface area (Å²) in [6.07, 6.45) is 7.40. The molecular weight excluding hydrogens is 276 g/mol. The number of rotatable bonds is 8. The molecule has 0 aromatic heterocycles. The van der Waals surface area contributed by atoms with E-state index < -0.39 is 0 Å². The molecule has 3 saturated carbocycles. The zero-order valence-electron chi connectivity index (χ0n) is 16.9. The smallest absolute Gasteiger partial charge is 0.0329 e. The van der Waals surface area contributed by atoms with E-state index in [2.05, 4.69) is 48.5 Å². The van der Waals surface area contributed by atoms with Crippen molar-refractivity contribution in [1.82, 2.24) is 0 Å². The Labute approximate surface area is 146 Å². The molecule has 0 N–H and O–H groups in total. The predicted octanol–water partition coefficient (Wildman–Crippen LogP) is 6.90. The summed E-state index contributed by atoms with van der Waals surface area (Å²) < 4.78 is 0.